The van der Waals surface area contributed by atoms with Gasteiger partial charge in [0.25, 0.3) is 0 Å². The van der Waals surface area contributed by atoms with E-state index in [0.717, 1.165) is 38.6 Å². The van der Waals surface area contributed by atoms with Crippen LogP contribution in [0.4, 0.5) is 23.2 Å². The van der Waals surface area contributed by atoms with E-state index in [1.807, 2.05) is 157 Å². The van der Waals surface area contributed by atoms with E-state index in [1.165, 1.54) is 36.2 Å². The zero-order valence-electron chi connectivity index (χ0n) is 55.1. The molecule has 11 atom stereocenters. The van der Waals surface area contributed by atoms with Crippen molar-refractivity contribution in [3.05, 3.63) is 179 Å². The summed E-state index contributed by atoms with van der Waals surface area (Å²) < 4.78 is 57.4. The molecule has 0 aliphatic carbocycles. The highest BCUT2D eigenvalue weighted by molar-refractivity contribution is 5.92. The molecule has 5 N–H and O–H groups in total. The first-order chi connectivity index (χ1) is 44.7. The van der Waals surface area contributed by atoms with Crippen molar-refractivity contribution in [3.8, 4) is 0 Å². The van der Waals surface area contributed by atoms with Crippen LogP contribution in [0.2, 0.25) is 0 Å². The van der Waals surface area contributed by atoms with Crippen molar-refractivity contribution in [3.63, 3.8) is 0 Å². The van der Waals surface area contributed by atoms with Gasteiger partial charge in [-0.25, -0.2) is 23.2 Å². The number of halogens is 2. The maximum atomic E-state index is 14.9. The van der Waals surface area contributed by atoms with Gasteiger partial charge in [0.2, 0.25) is 17.7 Å². The molecule has 0 bridgehead atoms. The maximum Gasteiger partial charge on any atom is 0.410 e. The highest BCUT2D eigenvalue weighted by Crippen LogP contribution is 2.46. The summed E-state index contributed by atoms with van der Waals surface area (Å²) in [6.07, 6.45) is 1.90. The third-order valence-electron chi connectivity index (χ3n) is 18.2. The van der Waals surface area contributed by atoms with Gasteiger partial charge in [0.1, 0.15) is 49.6 Å². The van der Waals surface area contributed by atoms with Crippen molar-refractivity contribution in [2.45, 2.75) is 173 Å². The molecule has 11 rings (SSSR count). The first-order valence-corrected chi connectivity index (χ1v) is 32.2. The number of ether oxygens (including phenoxy) is 5. The van der Waals surface area contributed by atoms with Crippen LogP contribution in [0.1, 0.15) is 115 Å². The molecule has 6 amide bonds. The van der Waals surface area contributed by atoms with E-state index < -0.39 is 71.8 Å². The summed E-state index contributed by atoms with van der Waals surface area (Å²) in [5, 5.41) is 4.56. The summed E-state index contributed by atoms with van der Waals surface area (Å²) in [6, 6.07) is 32.9. The van der Waals surface area contributed by atoms with Crippen LogP contribution in [-0.4, -0.2) is 169 Å². The van der Waals surface area contributed by atoms with Gasteiger partial charge < -0.3 is 64.3 Å². The zero-order chi connectivity index (χ0) is 67.3. The summed E-state index contributed by atoms with van der Waals surface area (Å²) in [4.78, 5) is 97.1. The van der Waals surface area contributed by atoms with Crippen LogP contribution in [0.15, 0.2) is 140 Å². The van der Waals surface area contributed by atoms with Gasteiger partial charge in [-0.2, -0.15) is 0 Å². The Morgan fingerprint density at radius 3 is 1.40 bits per heavy atom. The Morgan fingerprint density at radius 1 is 0.574 bits per heavy atom. The minimum absolute atomic E-state index is 0.0385. The van der Waals surface area contributed by atoms with Crippen molar-refractivity contribution in [1.29, 1.82) is 0 Å². The smallest absolute Gasteiger partial charge is 0.410 e. The van der Waals surface area contributed by atoms with Gasteiger partial charge in [-0.3, -0.25) is 19.3 Å². The third-order valence-corrected chi connectivity index (χ3v) is 18.2. The number of H-pyrrole nitrogens is 2. The van der Waals surface area contributed by atoms with E-state index in [9.17, 15) is 37.5 Å². The fourth-order valence-electron chi connectivity index (χ4n) is 13.8. The number of rotatable bonds is 17. The molecule has 4 saturated heterocycles. The quantitative estimate of drug-likeness (QED) is 0.0624. The number of hydrogen-bond donors (Lipinski definition) is 4. The molecule has 2 aromatic heterocycles. The summed E-state index contributed by atoms with van der Waals surface area (Å²) in [7, 11) is 1.47. The number of nitrogens with two attached hydrogens (primary N) is 1. The Morgan fingerprint density at radius 2 is 0.979 bits per heavy atom. The molecule has 4 aliphatic rings. The molecule has 0 saturated carbocycles. The lowest BCUT2D eigenvalue weighted by Crippen LogP contribution is -2.60. The second kappa shape index (κ2) is 28.8. The molecule has 0 unspecified atom stereocenters. The van der Waals surface area contributed by atoms with E-state index >= 15 is 0 Å². The molecule has 4 fully saturated rings. The molecule has 500 valence electrons. The van der Waals surface area contributed by atoms with Gasteiger partial charge in [0.05, 0.1) is 47.6 Å². The van der Waals surface area contributed by atoms with E-state index in [4.69, 9.17) is 29.4 Å². The van der Waals surface area contributed by atoms with Gasteiger partial charge in [-0.05, 0) is 139 Å². The molecule has 5 aromatic carbocycles. The van der Waals surface area contributed by atoms with Gasteiger partial charge >= 0.3 is 18.3 Å². The number of aromatic amines is 2. The maximum absolute atomic E-state index is 14.9. The summed E-state index contributed by atoms with van der Waals surface area (Å²) in [6.45, 7) is 18.2. The fraction of sp³-hybridized carbons (Fsp3) is 0.444. The Kier molecular flexibility index (Phi) is 20.8. The average Bonchev–Trinajstić information content (AvgIpc) is 1.59. The first kappa shape index (κ1) is 68.0. The number of carbonyl (C=O) groups excluding carboxylic acids is 6. The van der Waals surface area contributed by atoms with E-state index in [2.05, 4.69) is 15.3 Å². The van der Waals surface area contributed by atoms with Crippen molar-refractivity contribution in [2.24, 2.45) is 5.73 Å². The van der Waals surface area contributed by atoms with Crippen molar-refractivity contribution in [1.82, 2.24) is 39.8 Å². The van der Waals surface area contributed by atoms with Crippen LogP contribution in [0.25, 0.3) is 21.8 Å². The monoisotopic (exact) mass is 1290 g/mol. The van der Waals surface area contributed by atoms with Gasteiger partial charge in [-0.1, -0.05) is 91.0 Å². The summed E-state index contributed by atoms with van der Waals surface area (Å²) >= 11 is 0. The summed E-state index contributed by atoms with van der Waals surface area (Å²) in [5.74, 6) is -2.42. The fourth-order valence-corrected chi connectivity index (χ4v) is 13.8. The number of nitrogens with one attached hydrogen (secondary N) is 3. The number of nitrogens with zero attached hydrogens (tertiary/aromatic N) is 5. The highest BCUT2D eigenvalue weighted by Gasteiger charge is 2.56. The molecule has 0 radical (unpaired) electrons. The van der Waals surface area contributed by atoms with Crippen LogP contribution >= 0.6 is 0 Å². The topological polar surface area (TPSA) is 234 Å². The number of likely N-dealkylation sites (tertiary alicyclic amines) is 4. The Hall–Kier alpha value is -8.86. The largest absolute Gasteiger partial charge is 0.445 e. The van der Waals surface area contributed by atoms with E-state index in [0.29, 0.717) is 43.5 Å². The standard InChI is InChI=1S/C42H50FN5O7.C30H37FN4O4/c1-26(46(6)40(51)53-24-28-13-9-7-10-14-28)38(49)45-36(27(2)55-42(3,4)5)39(50)47-20-19-35-37(47)33(32-22-44-34-21-30(43)17-18-31(32)34)23-48(35)41(52)54-25-29-15-11-8-12-16-29;1-18(39-30(2,3)4)26(32)28(36)34-13-12-25-27(34)23(22-15-33-24-14-20(31)10-11-21(22)24)16-35(25)29(37)38-17-19-8-6-5-7-9-19/h7-18,21-22,26-27,33,35-37,44H,19-20,23-25H2,1-6H3,(H,45,49);5-11,14-15,18,23,25-27,33H,12-13,16-17,32H2,1-4H3/t26-,27+,33+,35+,36-,37+;18-,23-,25-,26+,27-/m01/s1. The number of aromatic nitrogens is 2. The van der Waals surface area contributed by atoms with Gasteiger partial charge in [0.15, 0.2) is 0 Å². The predicted molar refractivity (Wildman–Crippen MR) is 351 cm³/mol. The zero-order valence-corrected chi connectivity index (χ0v) is 55.1. The second-order valence-corrected chi connectivity index (χ2v) is 26.9. The average molecular weight is 1290 g/mol. The highest BCUT2D eigenvalue weighted by atomic mass is 19.1. The van der Waals surface area contributed by atoms with Crippen LogP contribution in [0.5, 0.6) is 0 Å². The Bertz CT molecular complexity index is 3800. The van der Waals surface area contributed by atoms with Crippen LogP contribution < -0.4 is 11.1 Å². The molecule has 94 heavy (non-hydrogen) atoms. The van der Waals surface area contributed by atoms with Crippen LogP contribution in [0.3, 0.4) is 0 Å². The number of fused-ring (bicyclic) bond motifs is 4. The number of amides is 6. The molecule has 22 heteroatoms. The molecule has 0 spiro atoms. The minimum Gasteiger partial charge on any atom is -0.445 e. The number of likely N-dealkylation sites (N-methyl/N-ethyl adjacent to an activating group) is 1. The Labute approximate surface area is 547 Å². The second-order valence-electron chi connectivity index (χ2n) is 26.9. The lowest BCUT2D eigenvalue weighted by Gasteiger charge is -2.36. The summed E-state index contributed by atoms with van der Waals surface area (Å²) in [5.41, 5.74) is 10.9. The van der Waals surface area contributed by atoms with Crippen molar-refractivity contribution < 1.29 is 61.2 Å². The minimum atomic E-state index is -1.14. The van der Waals surface area contributed by atoms with E-state index in [1.54, 1.807) is 40.7 Å². The van der Waals surface area contributed by atoms with Crippen molar-refractivity contribution in [2.75, 3.05) is 33.2 Å². The number of carbonyl (C=O) groups is 6. The van der Waals surface area contributed by atoms with Gasteiger partial charge in [-0.15, -0.1) is 0 Å². The molecule has 6 heterocycles. The third kappa shape index (κ3) is 15.5. The number of benzene rings is 5. The molecular formula is C72H87F2N9O11. The predicted octanol–water partition coefficient (Wildman–Crippen LogP) is 10.9. The van der Waals surface area contributed by atoms with Crippen LogP contribution in [0, 0.1) is 11.6 Å². The van der Waals surface area contributed by atoms with E-state index in [-0.39, 0.29) is 79.8 Å². The Balaban J connectivity index is 0.000000217. The first-order valence-electron chi connectivity index (χ1n) is 32.2. The van der Waals surface area contributed by atoms with Crippen molar-refractivity contribution >= 4 is 57.8 Å². The lowest BCUT2D eigenvalue weighted by molar-refractivity contribution is -0.146. The molecule has 7 aromatic rings. The molecule has 20 nitrogen and oxygen atoms in total. The normalized spacial score (nSPS) is 20.9. The van der Waals surface area contributed by atoms with Crippen LogP contribution in [-0.2, 0) is 57.9 Å². The molecule has 4 aliphatic heterocycles. The van der Waals surface area contributed by atoms with Gasteiger partial charge in [0, 0.05) is 79.3 Å². The number of hydrogen-bond acceptors (Lipinski definition) is 12. The lowest BCUT2D eigenvalue weighted by atomic mass is 9.91. The SMILES string of the molecule is C[C@@H](OC(C)(C)C)[C@H](N)C(=O)N1CC[C@@H]2[C@H]1[C@@H](c1c[nH]c3cc(F)ccc13)CN2C(=O)OCc1ccccc1.C[C@@H](OC(C)(C)C)[C@H](NC(=O)[C@H](C)N(C)C(=O)OCc1ccccc1)C(=O)N1CC[C@@H]2[C@H]1[C@@H](c1c[nH]c3cc(F)ccc13)CN2C(=O)OCc1ccccc1. The molecular weight excluding hydrogens is 1200 g/mol.